The van der Waals surface area contributed by atoms with Crippen molar-refractivity contribution < 1.29 is 24.1 Å². The molecule has 0 spiro atoms. The van der Waals surface area contributed by atoms with E-state index >= 15 is 0 Å². The Morgan fingerprint density at radius 3 is 2.74 bits per heavy atom. The number of hydrogen-bond donors (Lipinski definition) is 1. The normalized spacial score (nSPS) is 10.4. The van der Waals surface area contributed by atoms with Gasteiger partial charge in [0, 0.05) is 20.3 Å². The van der Waals surface area contributed by atoms with Crippen molar-refractivity contribution in [2.45, 2.75) is 6.42 Å². The maximum absolute atomic E-state index is 11.0. The van der Waals surface area contributed by atoms with E-state index in [0.717, 1.165) is 6.42 Å². The van der Waals surface area contributed by atoms with Gasteiger partial charge in [-0.25, -0.2) is 4.79 Å². The second-order valence-electron chi connectivity index (χ2n) is 3.73. The van der Waals surface area contributed by atoms with Gasteiger partial charge in [0.2, 0.25) is 0 Å². The molecule has 0 aromatic heterocycles. The number of carbonyl (C=O) groups is 1. The molecular formula is C13H17ClO5. The van der Waals surface area contributed by atoms with E-state index in [-0.39, 0.29) is 22.9 Å². The Hall–Kier alpha value is -1.30. The number of rotatable bonds is 9. The predicted octanol–water partition coefficient (Wildman–Crippen LogP) is 2.47. The van der Waals surface area contributed by atoms with E-state index in [2.05, 4.69) is 0 Å². The van der Waals surface area contributed by atoms with Gasteiger partial charge in [0.25, 0.3) is 0 Å². The summed E-state index contributed by atoms with van der Waals surface area (Å²) in [5, 5.41) is 9.20. The summed E-state index contributed by atoms with van der Waals surface area (Å²) in [5.41, 5.74) is -0.0245. The number of halogens is 1. The summed E-state index contributed by atoms with van der Waals surface area (Å²) < 4.78 is 15.5. The lowest BCUT2D eigenvalue weighted by Gasteiger charge is -2.10. The van der Waals surface area contributed by atoms with Gasteiger partial charge in [-0.1, -0.05) is 17.7 Å². The lowest BCUT2D eigenvalue weighted by atomic mass is 10.2. The molecule has 1 aromatic rings. The van der Waals surface area contributed by atoms with Gasteiger partial charge in [-0.15, -0.1) is 0 Å². The highest BCUT2D eigenvalue weighted by atomic mass is 35.5. The second kappa shape index (κ2) is 8.74. The van der Waals surface area contributed by atoms with Crippen LogP contribution in [0.1, 0.15) is 16.8 Å². The van der Waals surface area contributed by atoms with E-state index in [1.54, 1.807) is 19.2 Å². The summed E-state index contributed by atoms with van der Waals surface area (Å²) >= 11 is 5.82. The molecule has 0 radical (unpaired) electrons. The van der Waals surface area contributed by atoms with Gasteiger partial charge in [-0.05, 0) is 18.6 Å². The van der Waals surface area contributed by atoms with Crippen molar-refractivity contribution in [3.8, 4) is 5.75 Å². The second-order valence-corrected chi connectivity index (χ2v) is 4.13. The first kappa shape index (κ1) is 15.8. The number of carboxylic acid groups (broad SMARTS) is 1. The van der Waals surface area contributed by atoms with Gasteiger partial charge in [0.05, 0.1) is 11.6 Å². The Morgan fingerprint density at radius 1 is 1.26 bits per heavy atom. The Labute approximate surface area is 117 Å². The fraction of sp³-hybridized carbons (Fsp3) is 0.462. The molecule has 0 saturated carbocycles. The van der Waals surface area contributed by atoms with E-state index in [0.29, 0.717) is 19.8 Å². The van der Waals surface area contributed by atoms with Crippen molar-refractivity contribution in [1.82, 2.24) is 0 Å². The van der Waals surface area contributed by atoms with Gasteiger partial charge in [-0.2, -0.15) is 0 Å². The van der Waals surface area contributed by atoms with Gasteiger partial charge in [0.15, 0.2) is 0 Å². The third-order valence-corrected chi connectivity index (χ3v) is 2.63. The highest BCUT2D eigenvalue weighted by Gasteiger charge is 2.15. The fourth-order valence-electron chi connectivity index (χ4n) is 1.45. The van der Waals surface area contributed by atoms with Crippen LogP contribution in [0.3, 0.4) is 0 Å². The lowest BCUT2D eigenvalue weighted by Crippen LogP contribution is -2.11. The average Bonchev–Trinajstić information content (AvgIpc) is 2.37. The highest BCUT2D eigenvalue weighted by molar-refractivity contribution is 6.33. The lowest BCUT2D eigenvalue weighted by molar-refractivity contribution is 0.0677. The summed E-state index contributed by atoms with van der Waals surface area (Å²) in [7, 11) is 1.63. The predicted molar refractivity (Wildman–Crippen MR) is 71.2 cm³/mol. The monoisotopic (exact) mass is 288 g/mol. The first-order chi connectivity index (χ1) is 9.16. The molecule has 1 aromatic carbocycles. The molecule has 0 bridgehead atoms. The van der Waals surface area contributed by atoms with Crippen LogP contribution in [0.4, 0.5) is 0 Å². The van der Waals surface area contributed by atoms with Gasteiger partial charge in [-0.3, -0.25) is 0 Å². The molecule has 0 heterocycles. The average molecular weight is 289 g/mol. The van der Waals surface area contributed by atoms with Gasteiger partial charge < -0.3 is 19.3 Å². The molecule has 0 unspecified atom stereocenters. The molecule has 19 heavy (non-hydrogen) atoms. The van der Waals surface area contributed by atoms with Crippen LogP contribution in [0, 0.1) is 0 Å². The van der Waals surface area contributed by atoms with Crippen molar-refractivity contribution in [2.24, 2.45) is 0 Å². The van der Waals surface area contributed by atoms with Gasteiger partial charge >= 0.3 is 5.97 Å². The number of ether oxygens (including phenoxy) is 3. The van der Waals surface area contributed by atoms with Crippen LogP contribution in [-0.4, -0.2) is 44.6 Å². The number of benzene rings is 1. The van der Waals surface area contributed by atoms with Crippen molar-refractivity contribution in [2.75, 3.05) is 33.5 Å². The quantitative estimate of drug-likeness (QED) is 0.707. The minimum atomic E-state index is -1.11. The Bertz CT molecular complexity index is 408. The van der Waals surface area contributed by atoms with Crippen LogP contribution in [0.5, 0.6) is 5.75 Å². The topological polar surface area (TPSA) is 65.0 Å². The highest BCUT2D eigenvalue weighted by Crippen LogP contribution is 2.26. The maximum atomic E-state index is 11.0. The minimum Gasteiger partial charge on any atom is -0.490 e. The smallest absolute Gasteiger partial charge is 0.341 e. The van der Waals surface area contributed by atoms with Crippen molar-refractivity contribution in [1.29, 1.82) is 0 Å². The van der Waals surface area contributed by atoms with Crippen molar-refractivity contribution in [3.05, 3.63) is 28.8 Å². The largest absolute Gasteiger partial charge is 0.490 e. The molecular weight excluding hydrogens is 272 g/mol. The Kier molecular flexibility index (Phi) is 7.25. The molecule has 0 fully saturated rings. The summed E-state index contributed by atoms with van der Waals surface area (Å²) in [6, 6.07) is 4.73. The zero-order valence-corrected chi connectivity index (χ0v) is 11.5. The zero-order chi connectivity index (χ0) is 14.1. The molecule has 0 aliphatic heterocycles. The molecule has 0 aliphatic carbocycles. The molecule has 0 atom stereocenters. The Balaban J connectivity index is 2.37. The first-order valence-corrected chi connectivity index (χ1v) is 6.26. The number of hydrogen-bond acceptors (Lipinski definition) is 4. The summed E-state index contributed by atoms with van der Waals surface area (Å²) in [6.07, 6.45) is 0.814. The first-order valence-electron chi connectivity index (χ1n) is 5.88. The van der Waals surface area contributed by atoms with Crippen LogP contribution < -0.4 is 4.74 Å². The summed E-state index contributed by atoms with van der Waals surface area (Å²) in [5.74, 6) is -0.859. The number of methoxy groups -OCH3 is 1. The van der Waals surface area contributed by atoms with Crippen LogP contribution >= 0.6 is 11.6 Å². The summed E-state index contributed by atoms with van der Waals surface area (Å²) in [6.45, 7) is 1.89. The molecule has 0 saturated heterocycles. The SMILES string of the molecule is COCCCOCCOc1cccc(Cl)c1C(=O)O. The standard InChI is InChI=1S/C13H17ClO5/c1-17-6-3-7-18-8-9-19-11-5-2-4-10(14)12(11)13(15)16/h2,4-5H,3,6-9H2,1H3,(H,15,16). The molecule has 1 N–H and O–H groups in total. The Morgan fingerprint density at radius 2 is 2.05 bits per heavy atom. The van der Waals surface area contributed by atoms with Crippen LogP contribution in [0.15, 0.2) is 18.2 Å². The van der Waals surface area contributed by atoms with E-state index in [9.17, 15) is 4.79 Å². The molecule has 0 aliphatic rings. The molecule has 1 rings (SSSR count). The molecule has 5 nitrogen and oxygen atoms in total. The van der Waals surface area contributed by atoms with E-state index in [1.165, 1.54) is 6.07 Å². The van der Waals surface area contributed by atoms with Crippen LogP contribution in [0.25, 0.3) is 0 Å². The van der Waals surface area contributed by atoms with E-state index < -0.39 is 5.97 Å². The van der Waals surface area contributed by atoms with Crippen LogP contribution in [0.2, 0.25) is 5.02 Å². The number of carboxylic acids is 1. The van der Waals surface area contributed by atoms with Crippen LogP contribution in [-0.2, 0) is 9.47 Å². The molecule has 0 amide bonds. The van der Waals surface area contributed by atoms with Crippen molar-refractivity contribution >= 4 is 17.6 Å². The van der Waals surface area contributed by atoms with E-state index in [1.807, 2.05) is 0 Å². The summed E-state index contributed by atoms with van der Waals surface area (Å²) in [4.78, 5) is 11.0. The molecule has 106 valence electrons. The van der Waals surface area contributed by atoms with E-state index in [4.69, 9.17) is 30.9 Å². The molecule has 6 heteroatoms. The fourth-order valence-corrected chi connectivity index (χ4v) is 1.70. The third-order valence-electron chi connectivity index (χ3n) is 2.31. The maximum Gasteiger partial charge on any atom is 0.341 e. The number of aromatic carboxylic acids is 1. The minimum absolute atomic E-state index is 0.0245. The van der Waals surface area contributed by atoms with Crippen molar-refractivity contribution in [3.63, 3.8) is 0 Å². The van der Waals surface area contributed by atoms with Gasteiger partial charge in [0.1, 0.15) is 17.9 Å². The zero-order valence-electron chi connectivity index (χ0n) is 10.7. The third kappa shape index (κ3) is 5.46.